The molecule has 0 atom stereocenters. The molecule has 0 spiro atoms. The van der Waals surface area contributed by atoms with E-state index < -0.39 is 0 Å². The van der Waals surface area contributed by atoms with Crippen molar-refractivity contribution in [1.29, 1.82) is 0 Å². The molecular formula is C15H18ClN3O2. The van der Waals surface area contributed by atoms with Crippen molar-refractivity contribution in [3.63, 3.8) is 0 Å². The third kappa shape index (κ3) is 3.74. The maximum absolute atomic E-state index is 5.91. The van der Waals surface area contributed by atoms with Gasteiger partial charge >= 0.3 is 0 Å². The molecule has 2 aromatic rings. The smallest absolute Gasteiger partial charge is 0.253 e. The largest absolute Gasteiger partial charge is 0.484 e. The number of ether oxygens (including phenoxy) is 1. The minimum atomic E-state index is 0.265. The first-order valence-electron chi connectivity index (χ1n) is 7.17. The highest BCUT2D eigenvalue weighted by Crippen LogP contribution is 2.31. The van der Waals surface area contributed by atoms with Crippen LogP contribution < -0.4 is 10.5 Å². The Balaban J connectivity index is 1.56. The van der Waals surface area contributed by atoms with Crippen molar-refractivity contribution in [1.82, 2.24) is 10.2 Å². The van der Waals surface area contributed by atoms with Crippen LogP contribution in [0, 0.1) is 0 Å². The minimum absolute atomic E-state index is 0.265. The van der Waals surface area contributed by atoms with Crippen molar-refractivity contribution in [2.24, 2.45) is 5.73 Å². The van der Waals surface area contributed by atoms with Gasteiger partial charge in [0.05, 0.1) is 0 Å². The quantitative estimate of drug-likeness (QED) is 0.938. The lowest BCUT2D eigenvalue weighted by atomic mass is 9.86. The SMILES string of the molecule is NC1CCC(c2nnc(COc3ccc(Cl)cc3)o2)CC1. The highest BCUT2D eigenvalue weighted by Gasteiger charge is 2.24. The maximum atomic E-state index is 5.91. The number of hydrogen-bond donors (Lipinski definition) is 1. The van der Waals surface area contributed by atoms with E-state index in [1.54, 1.807) is 12.1 Å². The van der Waals surface area contributed by atoms with E-state index >= 15 is 0 Å². The predicted molar refractivity (Wildman–Crippen MR) is 79.3 cm³/mol. The summed E-state index contributed by atoms with van der Waals surface area (Å²) in [6.07, 6.45) is 4.06. The van der Waals surface area contributed by atoms with E-state index in [1.165, 1.54) is 0 Å². The summed E-state index contributed by atoms with van der Waals surface area (Å²) >= 11 is 5.82. The van der Waals surface area contributed by atoms with Gasteiger partial charge in [-0.05, 0) is 49.9 Å². The van der Waals surface area contributed by atoms with Crippen LogP contribution >= 0.6 is 11.6 Å². The summed E-state index contributed by atoms with van der Waals surface area (Å²) in [6, 6.07) is 7.49. The van der Waals surface area contributed by atoms with E-state index in [9.17, 15) is 0 Å². The molecule has 0 radical (unpaired) electrons. The number of rotatable bonds is 4. The molecule has 0 bridgehead atoms. The molecule has 1 aromatic carbocycles. The Hall–Kier alpha value is -1.59. The molecule has 0 amide bonds. The molecule has 6 heteroatoms. The lowest BCUT2D eigenvalue weighted by Gasteiger charge is -2.23. The number of nitrogens with two attached hydrogens (primary N) is 1. The van der Waals surface area contributed by atoms with Crippen molar-refractivity contribution in [3.05, 3.63) is 41.1 Å². The van der Waals surface area contributed by atoms with E-state index in [2.05, 4.69) is 10.2 Å². The van der Waals surface area contributed by atoms with Crippen molar-refractivity contribution < 1.29 is 9.15 Å². The fourth-order valence-corrected chi connectivity index (χ4v) is 2.66. The summed E-state index contributed by atoms with van der Waals surface area (Å²) < 4.78 is 11.3. The summed E-state index contributed by atoms with van der Waals surface area (Å²) in [4.78, 5) is 0. The molecule has 0 saturated heterocycles. The summed E-state index contributed by atoms with van der Waals surface area (Å²) in [7, 11) is 0. The molecule has 1 aliphatic carbocycles. The molecule has 3 rings (SSSR count). The van der Waals surface area contributed by atoms with E-state index in [0.29, 0.717) is 28.8 Å². The number of aromatic nitrogens is 2. The van der Waals surface area contributed by atoms with Gasteiger partial charge in [0.2, 0.25) is 5.89 Å². The Morgan fingerprint density at radius 2 is 1.86 bits per heavy atom. The third-order valence-corrected chi connectivity index (χ3v) is 4.03. The first-order valence-corrected chi connectivity index (χ1v) is 7.55. The van der Waals surface area contributed by atoms with Gasteiger partial charge in [-0.25, -0.2) is 0 Å². The van der Waals surface area contributed by atoms with Crippen molar-refractivity contribution in [2.75, 3.05) is 0 Å². The van der Waals surface area contributed by atoms with Crippen LogP contribution in [0.5, 0.6) is 5.75 Å². The molecule has 112 valence electrons. The van der Waals surface area contributed by atoms with Gasteiger partial charge in [-0.3, -0.25) is 0 Å². The zero-order valence-electron chi connectivity index (χ0n) is 11.7. The average molecular weight is 308 g/mol. The summed E-state index contributed by atoms with van der Waals surface area (Å²) in [5.41, 5.74) is 5.91. The number of hydrogen-bond acceptors (Lipinski definition) is 5. The molecule has 21 heavy (non-hydrogen) atoms. The van der Waals surface area contributed by atoms with Crippen LogP contribution in [0.4, 0.5) is 0 Å². The second kappa shape index (κ2) is 6.45. The first-order chi connectivity index (χ1) is 10.2. The number of halogens is 1. The lowest BCUT2D eigenvalue weighted by Crippen LogP contribution is -2.25. The van der Waals surface area contributed by atoms with Crippen LogP contribution in [-0.4, -0.2) is 16.2 Å². The van der Waals surface area contributed by atoms with Gasteiger partial charge in [-0.2, -0.15) is 0 Å². The highest BCUT2D eigenvalue weighted by atomic mass is 35.5. The fraction of sp³-hybridized carbons (Fsp3) is 0.467. The number of nitrogens with zero attached hydrogens (tertiary/aromatic N) is 2. The van der Waals surface area contributed by atoms with Crippen LogP contribution in [0.3, 0.4) is 0 Å². The molecular weight excluding hydrogens is 290 g/mol. The third-order valence-electron chi connectivity index (χ3n) is 3.78. The number of benzene rings is 1. The van der Waals surface area contributed by atoms with Gasteiger partial charge in [0.25, 0.3) is 5.89 Å². The van der Waals surface area contributed by atoms with E-state index in [4.69, 9.17) is 26.5 Å². The van der Waals surface area contributed by atoms with Crippen LogP contribution in [-0.2, 0) is 6.61 Å². The van der Waals surface area contributed by atoms with Gasteiger partial charge in [0.1, 0.15) is 5.75 Å². The average Bonchev–Trinajstić information content (AvgIpc) is 2.96. The van der Waals surface area contributed by atoms with Crippen LogP contribution in [0.15, 0.2) is 28.7 Å². The molecule has 1 fully saturated rings. The van der Waals surface area contributed by atoms with Crippen LogP contribution in [0.1, 0.15) is 43.4 Å². The Bertz CT molecular complexity index is 577. The van der Waals surface area contributed by atoms with Gasteiger partial charge in [0.15, 0.2) is 6.61 Å². The predicted octanol–water partition coefficient (Wildman–Crippen LogP) is 3.29. The molecule has 1 saturated carbocycles. The zero-order valence-corrected chi connectivity index (χ0v) is 12.4. The van der Waals surface area contributed by atoms with Gasteiger partial charge in [-0.1, -0.05) is 11.6 Å². The monoisotopic (exact) mass is 307 g/mol. The van der Waals surface area contributed by atoms with E-state index in [-0.39, 0.29) is 6.61 Å². The van der Waals surface area contributed by atoms with Crippen LogP contribution in [0.2, 0.25) is 5.02 Å². The van der Waals surface area contributed by atoms with Crippen molar-refractivity contribution >= 4 is 11.6 Å². The fourth-order valence-electron chi connectivity index (χ4n) is 2.53. The van der Waals surface area contributed by atoms with Gasteiger partial charge in [0, 0.05) is 17.0 Å². The second-order valence-electron chi connectivity index (χ2n) is 5.39. The molecule has 2 N–H and O–H groups in total. The Labute approximate surface area is 128 Å². The second-order valence-corrected chi connectivity index (χ2v) is 5.82. The maximum Gasteiger partial charge on any atom is 0.253 e. The topological polar surface area (TPSA) is 74.2 Å². The molecule has 0 aliphatic heterocycles. The van der Waals surface area contributed by atoms with Crippen molar-refractivity contribution in [2.45, 2.75) is 44.2 Å². The highest BCUT2D eigenvalue weighted by molar-refractivity contribution is 6.30. The van der Waals surface area contributed by atoms with E-state index in [0.717, 1.165) is 31.4 Å². The molecule has 0 unspecified atom stereocenters. The summed E-state index contributed by atoms with van der Waals surface area (Å²) in [6.45, 7) is 0.265. The van der Waals surface area contributed by atoms with Crippen LogP contribution in [0.25, 0.3) is 0 Å². The molecule has 1 aromatic heterocycles. The minimum Gasteiger partial charge on any atom is -0.484 e. The Morgan fingerprint density at radius 1 is 1.14 bits per heavy atom. The zero-order chi connectivity index (χ0) is 14.7. The standard InChI is InChI=1S/C15H18ClN3O2/c16-11-3-7-13(8-4-11)20-9-14-18-19-15(21-14)10-1-5-12(17)6-2-10/h3-4,7-8,10,12H,1-2,5-6,9,17H2. The van der Waals surface area contributed by atoms with Gasteiger partial charge < -0.3 is 14.9 Å². The Kier molecular flexibility index (Phi) is 4.41. The Morgan fingerprint density at radius 3 is 2.57 bits per heavy atom. The van der Waals surface area contributed by atoms with E-state index in [1.807, 2.05) is 12.1 Å². The van der Waals surface area contributed by atoms with Crippen molar-refractivity contribution in [3.8, 4) is 5.75 Å². The molecule has 1 heterocycles. The lowest BCUT2D eigenvalue weighted by molar-refractivity contribution is 0.250. The first kappa shape index (κ1) is 14.4. The molecule has 5 nitrogen and oxygen atoms in total. The summed E-state index contributed by atoms with van der Waals surface area (Å²) in [5.74, 6) is 2.26. The summed E-state index contributed by atoms with van der Waals surface area (Å²) in [5, 5.41) is 8.86. The van der Waals surface area contributed by atoms with Gasteiger partial charge in [-0.15, -0.1) is 10.2 Å². The normalized spacial score (nSPS) is 22.2. The molecule has 1 aliphatic rings.